The zero-order valence-corrected chi connectivity index (χ0v) is 6.95. The van der Waals surface area contributed by atoms with Crippen molar-refractivity contribution in [2.75, 3.05) is 13.3 Å². The minimum Gasteiger partial charge on any atom is -0.394 e. The predicted molar refractivity (Wildman–Crippen MR) is 39.1 cm³/mol. The number of hydrogen-bond donors (Lipinski definition) is 2. The quantitative estimate of drug-likeness (QED) is 0.576. The van der Waals surface area contributed by atoms with E-state index in [2.05, 4.69) is 0 Å². The second-order valence-electron chi connectivity index (χ2n) is 3.52. The van der Waals surface area contributed by atoms with Crippen LogP contribution in [0.3, 0.4) is 0 Å². The monoisotopic (exact) mass is 161 g/mol. The maximum Gasteiger partial charge on any atom is 0.123 e. The van der Waals surface area contributed by atoms with Gasteiger partial charge >= 0.3 is 0 Å². The molecule has 2 N–H and O–H groups in total. The maximum atomic E-state index is 9.28. The van der Waals surface area contributed by atoms with Gasteiger partial charge in [0.25, 0.3) is 0 Å². The molecule has 66 valence electrons. The first kappa shape index (κ1) is 8.93. The lowest BCUT2D eigenvalue weighted by molar-refractivity contribution is -0.268. The molecule has 0 aromatic carbocycles. The fourth-order valence-electron chi connectivity index (χ4n) is 1.19. The van der Waals surface area contributed by atoms with Gasteiger partial charge in [-0.2, -0.15) is 5.06 Å². The zero-order valence-electron chi connectivity index (χ0n) is 6.95. The summed E-state index contributed by atoms with van der Waals surface area (Å²) in [5, 5.41) is 19.2. The van der Waals surface area contributed by atoms with Crippen LogP contribution in [0.2, 0.25) is 0 Å². The Hall–Kier alpha value is -0.160. The molecular formula is C7H15NO3. The van der Waals surface area contributed by atoms with Crippen molar-refractivity contribution < 1.29 is 15.1 Å². The zero-order chi connectivity index (χ0) is 8.48. The van der Waals surface area contributed by atoms with Gasteiger partial charge in [0.1, 0.15) is 6.73 Å². The molecule has 1 heterocycles. The number of hydroxylamine groups is 2. The van der Waals surface area contributed by atoms with Crippen LogP contribution in [0.25, 0.3) is 0 Å². The lowest BCUT2D eigenvalue weighted by Gasteiger charge is -2.40. The van der Waals surface area contributed by atoms with Crippen molar-refractivity contribution in [3.63, 3.8) is 0 Å². The van der Waals surface area contributed by atoms with Crippen LogP contribution in [-0.4, -0.2) is 40.4 Å². The standard InChI is InChI=1S/C7H15NO3/c1-7(2)3-6(4-9)11-5-8(7)10/h6,9-10H,3-5H2,1-2H3. The smallest absolute Gasteiger partial charge is 0.123 e. The third kappa shape index (κ3) is 1.90. The molecule has 0 saturated carbocycles. The van der Waals surface area contributed by atoms with E-state index >= 15 is 0 Å². The Morgan fingerprint density at radius 1 is 1.64 bits per heavy atom. The number of aliphatic hydroxyl groups excluding tert-OH is 1. The van der Waals surface area contributed by atoms with Crippen LogP contribution in [-0.2, 0) is 4.74 Å². The number of rotatable bonds is 1. The highest BCUT2D eigenvalue weighted by atomic mass is 16.6. The van der Waals surface area contributed by atoms with E-state index in [9.17, 15) is 5.21 Å². The first-order chi connectivity index (χ1) is 5.06. The van der Waals surface area contributed by atoms with Crippen molar-refractivity contribution in [3.05, 3.63) is 0 Å². The molecule has 0 radical (unpaired) electrons. The van der Waals surface area contributed by atoms with Gasteiger partial charge in [0.05, 0.1) is 12.7 Å². The Balaban J connectivity index is 2.52. The molecule has 0 aromatic heterocycles. The Morgan fingerprint density at radius 2 is 2.27 bits per heavy atom. The molecule has 4 nitrogen and oxygen atoms in total. The molecule has 1 aliphatic rings. The summed E-state index contributed by atoms with van der Waals surface area (Å²) in [6.07, 6.45) is 0.522. The van der Waals surface area contributed by atoms with Crippen molar-refractivity contribution in [1.82, 2.24) is 5.06 Å². The van der Waals surface area contributed by atoms with Crippen LogP contribution in [0.4, 0.5) is 0 Å². The topological polar surface area (TPSA) is 52.9 Å². The number of ether oxygens (including phenoxy) is 1. The molecule has 1 unspecified atom stereocenters. The van der Waals surface area contributed by atoms with Crippen LogP contribution in [0.1, 0.15) is 20.3 Å². The predicted octanol–water partition coefficient (Wildman–Crippen LogP) is 0.195. The van der Waals surface area contributed by atoms with Gasteiger partial charge in [-0.15, -0.1) is 0 Å². The molecule has 11 heavy (non-hydrogen) atoms. The average molecular weight is 161 g/mol. The van der Waals surface area contributed by atoms with Crippen LogP contribution < -0.4 is 0 Å². The summed E-state index contributed by atoms with van der Waals surface area (Å²) >= 11 is 0. The SMILES string of the molecule is CC1(C)CC(CO)OCN1O. The molecule has 0 bridgehead atoms. The van der Waals surface area contributed by atoms with E-state index < -0.39 is 0 Å². The minimum absolute atomic E-state index is 0.0251. The highest BCUT2D eigenvalue weighted by molar-refractivity contribution is 4.82. The van der Waals surface area contributed by atoms with E-state index in [1.165, 1.54) is 0 Å². The highest BCUT2D eigenvalue weighted by Gasteiger charge is 2.34. The van der Waals surface area contributed by atoms with Gasteiger partial charge in [0, 0.05) is 5.54 Å². The summed E-state index contributed by atoms with van der Waals surface area (Å²) < 4.78 is 5.10. The van der Waals surface area contributed by atoms with Gasteiger partial charge in [-0.1, -0.05) is 0 Å². The van der Waals surface area contributed by atoms with Crippen molar-refractivity contribution in [2.45, 2.75) is 31.9 Å². The lowest BCUT2D eigenvalue weighted by Crippen LogP contribution is -2.51. The summed E-state index contributed by atoms with van der Waals surface area (Å²) in [5.41, 5.74) is -0.286. The summed E-state index contributed by atoms with van der Waals surface area (Å²) in [6, 6.07) is 0. The van der Waals surface area contributed by atoms with Gasteiger partial charge in [0.15, 0.2) is 0 Å². The molecule has 1 fully saturated rings. The van der Waals surface area contributed by atoms with E-state index in [1.54, 1.807) is 0 Å². The third-order valence-corrected chi connectivity index (χ3v) is 2.06. The fraction of sp³-hybridized carbons (Fsp3) is 1.00. The van der Waals surface area contributed by atoms with Gasteiger partial charge in [0.2, 0.25) is 0 Å². The van der Waals surface area contributed by atoms with Gasteiger partial charge in [-0.05, 0) is 20.3 Å². The fourth-order valence-corrected chi connectivity index (χ4v) is 1.19. The number of hydrogen-bond acceptors (Lipinski definition) is 4. The molecule has 0 aliphatic carbocycles. The average Bonchev–Trinajstić information content (AvgIpc) is 1.95. The highest BCUT2D eigenvalue weighted by Crippen LogP contribution is 2.24. The number of nitrogens with zero attached hydrogens (tertiary/aromatic N) is 1. The second-order valence-corrected chi connectivity index (χ2v) is 3.52. The van der Waals surface area contributed by atoms with Crippen LogP contribution in [0.5, 0.6) is 0 Å². The molecule has 1 aliphatic heterocycles. The second kappa shape index (κ2) is 3.06. The van der Waals surface area contributed by atoms with E-state index in [4.69, 9.17) is 9.84 Å². The Kier molecular flexibility index (Phi) is 2.49. The summed E-state index contributed by atoms with van der Waals surface area (Å²) in [4.78, 5) is 0. The van der Waals surface area contributed by atoms with E-state index in [0.717, 1.165) is 5.06 Å². The van der Waals surface area contributed by atoms with Crippen molar-refractivity contribution in [3.8, 4) is 0 Å². The molecule has 1 atom stereocenters. The van der Waals surface area contributed by atoms with Crippen molar-refractivity contribution in [2.24, 2.45) is 0 Å². The van der Waals surface area contributed by atoms with E-state index in [-0.39, 0.29) is 25.0 Å². The summed E-state index contributed by atoms with van der Waals surface area (Å²) in [5.74, 6) is 0. The first-order valence-corrected chi connectivity index (χ1v) is 3.75. The van der Waals surface area contributed by atoms with Gasteiger partial charge < -0.3 is 15.1 Å². The van der Waals surface area contributed by atoms with Crippen molar-refractivity contribution in [1.29, 1.82) is 0 Å². The van der Waals surface area contributed by atoms with Gasteiger partial charge in [-0.3, -0.25) is 0 Å². The normalized spacial score (nSPS) is 32.2. The van der Waals surface area contributed by atoms with Crippen molar-refractivity contribution >= 4 is 0 Å². The summed E-state index contributed by atoms with van der Waals surface area (Å²) in [6.45, 7) is 4.03. The summed E-state index contributed by atoms with van der Waals surface area (Å²) in [7, 11) is 0. The van der Waals surface area contributed by atoms with E-state index in [1.807, 2.05) is 13.8 Å². The number of aliphatic hydroxyl groups is 1. The molecular weight excluding hydrogens is 146 g/mol. The minimum atomic E-state index is -0.286. The van der Waals surface area contributed by atoms with Crippen LogP contribution in [0.15, 0.2) is 0 Å². The van der Waals surface area contributed by atoms with Crippen LogP contribution >= 0.6 is 0 Å². The maximum absolute atomic E-state index is 9.28. The molecule has 0 aromatic rings. The van der Waals surface area contributed by atoms with Crippen LogP contribution in [0, 0.1) is 0 Å². The van der Waals surface area contributed by atoms with Gasteiger partial charge in [-0.25, -0.2) is 0 Å². The molecule has 0 amide bonds. The van der Waals surface area contributed by atoms with E-state index in [0.29, 0.717) is 6.42 Å². The Morgan fingerprint density at radius 3 is 2.73 bits per heavy atom. The molecule has 0 spiro atoms. The molecule has 1 rings (SSSR count). The molecule has 4 heteroatoms. The molecule has 1 saturated heterocycles. The largest absolute Gasteiger partial charge is 0.394 e. The lowest BCUT2D eigenvalue weighted by atomic mass is 9.95. The Labute approximate surface area is 66.3 Å². The Bertz CT molecular complexity index is 138. The first-order valence-electron chi connectivity index (χ1n) is 3.75. The third-order valence-electron chi connectivity index (χ3n) is 2.06.